The van der Waals surface area contributed by atoms with Gasteiger partial charge in [-0.05, 0) is 90.3 Å². The fourth-order valence-electron chi connectivity index (χ4n) is 5.29. The summed E-state index contributed by atoms with van der Waals surface area (Å²) >= 11 is 0. The number of nitriles is 1. The lowest BCUT2D eigenvalue weighted by molar-refractivity contribution is 0.406. The Morgan fingerprint density at radius 2 is 1.59 bits per heavy atom. The highest BCUT2D eigenvalue weighted by Gasteiger charge is 2.26. The van der Waals surface area contributed by atoms with E-state index in [0.717, 1.165) is 17.9 Å². The molecule has 2 unspecified atom stereocenters. The van der Waals surface area contributed by atoms with E-state index in [1.54, 1.807) is 22.3 Å². The third kappa shape index (κ3) is 3.96. The third-order valence-electron chi connectivity index (χ3n) is 6.87. The zero-order valence-electron chi connectivity index (χ0n) is 16.6. The topological polar surface area (TPSA) is 23.8 Å². The van der Waals surface area contributed by atoms with Gasteiger partial charge in [0, 0.05) is 0 Å². The van der Waals surface area contributed by atoms with Crippen LogP contribution in [0.15, 0.2) is 36.4 Å². The Kier molecular flexibility index (Phi) is 5.63. The van der Waals surface area contributed by atoms with Crippen LogP contribution in [0.1, 0.15) is 84.7 Å². The highest BCUT2D eigenvalue weighted by molar-refractivity contribution is 5.46. The molecule has 0 aliphatic heterocycles. The van der Waals surface area contributed by atoms with Crippen molar-refractivity contribution in [2.24, 2.45) is 5.92 Å². The maximum absolute atomic E-state index is 9.01. The van der Waals surface area contributed by atoms with Crippen molar-refractivity contribution in [3.63, 3.8) is 0 Å². The van der Waals surface area contributed by atoms with E-state index in [9.17, 15) is 0 Å². The van der Waals surface area contributed by atoms with Crippen LogP contribution in [0.4, 0.5) is 0 Å². The third-order valence-corrected chi connectivity index (χ3v) is 6.87. The average molecular weight is 358 g/mol. The SMILES string of the molecule is CCCCCC1CCc2c(ccc3c2CCC(c2ccc(C#N)cc2)C3)C1. The highest BCUT2D eigenvalue weighted by atomic mass is 14.3. The summed E-state index contributed by atoms with van der Waals surface area (Å²) in [6.45, 7) is 2.30. The molecule has 0 bridgehead atoms. The van der Waals surface area contributed by atoms with Gasteiger partial charge in [0.2, 0.25) is 0 Å². The summed E-state index contributed by atoms with van der Waals surface area (Å²) in [6, 6.07) is 15.4. The molecular formula is C26H31N. The lowest BCUT2D eigenvalue weighted by Gasteiger charge is -2.32. The second-order valence-corrected chi connectivity index (χ2v) is 8.62. The summed E-state index contributed by atoms with van der Waals surface area (Å²) in [5.74, 6) is 1.52. The molecule has 4 rings (SSSR count). The molecule has 140 valence electrons. The molecule has 0 aromatic heterocycles. The first-order valence-corrected chi connectivity index (χ1v) is 10.9. The van der Waals surface area contributed by atoms with Gasteiger partial charge in [0.25, 0.3) is 0 Å². The predicted octanol–water partition coefficient (Wildman–Crippen LogP) is 6.52. The fourth-order valence-corrected chi connectivity index (χ4v) is 5.29. The lowest BCUT2D eigenvalue weighted by Crippen LogP contribution is -2.20. The molecule has 2 aromatic carbocycles. The molecule has 0 radical (unpaired) electrons. The van der Waals surface area contributed by atoms with Gasteiger partial charge < -0.3 is 0 Å². The largest absolute Gasteiger partial charge is 0.192 e. The Morgan fingerprint density at radius 3 is 2.30 bits per heavy atom. The van der Waals surface area contributed by atoms with Crippen molar-refractivity contribution in [1.82, 2.24) is 0 Å². The van der Waals surface area contributed by atoms with Crippen molar-refractivity contribution in [2.45, 2.75) is 77.0 Å². The molecule has 0 spiro atoms. The normalized spacial score (nSPS) is 21.2. The molecule has 0 fully saturated rings. The van der Waals surface area contributed by atoms with Crippen molar-refractivity contribution in [3.05, 3.63) is 69.8 Å². The van der Waals surface area contributed by atoms with E-state index in [2.05, 4.69) is 37.3 Å². The lowest BCUT2D eigenvalue weighted by atomic mass is 9.73. The fraction of sp³-hybridized carbons (Fsp3) is 0.500. The number of unbranched alkanes of at least 4 members (excludes halogenated alkanes) is 2. The molecule has 2 aliphatic rings. The van der Waals surface area contributed by atoms with Crippen LogP contribution >= 0.6 is 0 Å². The number of nitrogens with zero attached hydrogens (tertiary/aromatic N) is 1. The van der Waals surface area contributed by atoms with Gasteiger partial charge >= 0.3 is 0 Å². The predicted molar refractivity (Wildman–Crippen MR) is 112 cm³/mol. The second-order valence-electron chi connectivity index (χ2n) is 8.62. The maximum atomic E-state index is 9.01. The number of hydrogen-bond acceptors (Lipinski definition) is 1. The van der Waals surface area contributed by atoms with E-state index in [-0.39, 0.29) is 0 Å². The molecule has 27 heavy (non-hydrogen) atoms. The summed E-state index contributed by atoms with van der Waals surface area (Å²) in [6.07, 6.45) is 13.2. The minimum atomic E-state index is 0.605. The Morgan fingerprint density at radius 1 is 0.889 bits per heavy atom. The average Bonchev–Trinajstić information content (AvgIpc) is 2.73. The summed E-state index contributed by atoms with van der Waals surface area (Å²) in [5, 5.41) is 9.01. The standard InChI is InChI=1S/C26H31N/c1-2-3-4-5-19-8-14-25-23(16-19)11-12-24-17-22(13-15-26(24)25)21-9-6-20(18-27)7-10-21/h6-7,9-12,19,22H,2-5,8,13-17H2,1H3. The minimum Gasteiger partial charge on any atom is -0.192 e. The Bertz CT molecular complexity index is 825. The van der Waals surface area contributed by atoms with Gasteiger partial charge in [-0.2, -0.15) is 5.26 Å². The summed E-state index contributed by atoms with van der Waals surface area (Å²) in [4.78, 5) is 0. The van der Waals surface area contributed by atoms with Gasteiger partial charge in [0.05, 0.1) is 11.6 Å². The molecule has 0 amide bonds. The first-order valence-electron chi connectivity index (χ1n) is 10.9. The zero-order chi connectivity index (χ0) is 18.6. The summed E-state index contributed by atoms with van der Waals surface area (Å²) in [7, 11) is 0. The van der Waals surface area contributed by atoms with E-state index in [4.69, 9.17) is 5.26 Å². The van der Waals surface area contributed by atoms with Gasteiger partial charge in [-0.25, -0.2) is 0 Å². The quantitative estimate of drug-likeness (QED) is 0.559. The number of rotatable bonds is 5. The van der Waals surface area contributed by atoms with E-state index >= 15 is 0 Å². The number of benzene rings is 2. The van der Waals surface area contributed by atoms with E-state index in [1.165, 1.54) is 63.4 Å². The molecule has 0 heterocycles. The van der Waals surface area contributed by atoms with Crippen molar-refractivity contribution in [2.75, 3.05) is 0 Å². The van der Waals surface area contributed by atoms with Crippen LogP contribution in [0.25, 0.3) is 0 Å². The molecule has 0 saturated carbocycles. The maximum Gasteiger partial charge on any atom is 0.0991 e. The Labute approximate surface area is 164 Å². The van der Waals surface area contributed by atoms with Gasteiger partial charge in [-0.1, -0.05) is 56.9 Å². The molecular weight excluding hydrogens is 326 g/mol. The van der Waals surface area contributed by atoms with Crippen molar-refractivity contribution in [1.29, 1.82) is 5.26 Å². The van der Waals surface area contributed by atoms with Crippen molar-refractivity contribution < 1.29 is 0 Å². The highest BCUT2D eigenvalue weighted by Crippen LogP contribution is 2.39. The van der Waals surface area contributed by atoms with Gasteiger partial charge in [0.15, 0.2) is 0 Å². The van der Waals surface area contributed by atoms with Crippen molar-refractivity contribution in [3.8, 4) is 6.07 Å². The van der Waals surface area contributed by atoms with Gasteiger partial charge in [-0.3, -0.25) is 0 Å². The van der Waals surface area contributed by atoms with Crippen LogP contribution in [-0.2, 0) is 25.7 Å². The Balaban J connectivity index is 1.47. The first-order chi connectivity index (χ1) is 13.3. The summed E-state index contributed by atoms with van der Waals surface area (Å²) < 4.78 is 0. The van der Waals surface area contributed by atoms with Crippen LogP contribution in [0, 0.1) is 17.2 Å². The van der Waals surface area contributed by atoms with Crippen LogP contribution < -0.4 is 0 Å². The molecule has 1 heteroatoms. The van der Waals surface area contributed by atoms with Gasteiger partial charge in [0.1, 0.15) is 0 Å². The number of hydrogen-bond donors (Lipinski definition) is 0. The van der Waals surface area contributed by atoms with E-state index in [0.29, 0.717) is 5.92 Å². The summed E-state index contributed by atoms with van der Waals surface area (Å²) in [5.41, 5.74) is 8.78. The van der Waals surface area contributed by atoms with Gasteiger partial charge in [-0.15, -0.1) is 0 Å². The number of fused-ring (bicyclic) bond motifs is 3. The molecule has 2 atom stereocenters. The smallest absolute Gasteiger partial charge is 0.0991 e. The van der Waals surface area contributed by atoms with Crippen LogP contribution in [0.2, 0.25) is 0 Å². The molecule has 2 aromatic rings. The zero-order valence-corrected chi connectivity index (χ0v) is 16.6. The van der Waals surface area contributed by atoms with E-state index in [1.807, 2.05) is 12.1 Å². The van der Waals surface area contributed by atoms with Crippen LogP contribution in [0.3, 0.4) is 0 Å². The van der Waals surface area contributed by atoms with Crippen LogP contribution in [-0.4, -0.2) is 0 Å². The van der Waals surface area contributed by atoms with E-state index < -0.39 is 0 Å². The molecule has 2 aliphatic carbocycles. The monoisotopic (exact) mass is 357 g/mol. The first kappa shape index (κ1) is 18.3. The second kappa shape index (κ2) is 8.30. The molecule has 0 saturated heterocycles. The van der Waals surface area contributed by atoms with Crippen LogP contribution in [0.5, 0.6) is 0 Å². The van der Waals surface area contributed by atoms with Crippen molar-refractivity contribution >= 4 is 0 Å². The Hall–Kier alpha value is -2.07. The minimum absolute atomic E-state index is 0.605. The molecule has 1 nitrogen and oxygen atoms in total. The molecule has 0 N–H and O–H groups in total.